The van der Waals surface area contributed by atoms with Crippen molar-refractivity contribution in [2.24, 2.45) is 11.8 Å². The molecule has 61 heavy (non-hydrogen) atoms. The van der Waals surface area contributed by atoms with Gasteiger partial charge in [-0.05, 0) is 126 Å². The molecule has 3 aromatic rings. The lowest BCUT2D eigenvalue weighted by Crippen LogP contribution is -2.52. The third-order valence-corrected chi connectivity index (χ3v) is 13.1. The number of nitrogens with zero attached hydrogens (tertiary/aromatic N) is 4. The molecule has 10 heteroatoms. The Morgan fingerprint density at radius 3 is 1.85 bits per heavy atom. The van der Waals surface area contributed by atoms with Crippen molar-refractivity contribution in [3.8, 4) is 11.3 Å². The van der Waals surface area contributed by atoms with Crippen molar-refractivity contribution in [2.45, 2.75) is 188 Å². The molecule has 2 N–H and O–H groups in total. The number of halogens is 2. The minimum atomic E-state index is -2.59. The van der Waals surface area contributed by atoms with E-state index in [2.05, 4.69) is 31.1 Å². The molecule has 1 atom stereocenters. The van der Waals surface area contributed by atoms with Crippen molar-refractivity contribution < 1.29 is 27.9 Å². The summed E-state index contributed by atoms with van der Waals surface area (Å²) >= 11 is 0. The molecule has 3 aromatic heterocycles. The van der Waals surface area contributed by atoms with Crippen LogP contribution >= 0.6 is 0 Å². The zero-order valence-electron chi connectivity index (χ0n) is 38.5. The first kappa shape index (κ1) is 50.1. The summed E-state index contributed by atoms with van der Waals surface area (Å²) in [4.78, 5) is 27.4. The first-order valence-corrected chi connectivity index (χ1v) is 24.2. The highest BCUT2D eigenvalue weighted by Gasteiger charge is 2.40. The number of alkyl halides is 2. The highest BCUT2D eigenvalue weighted by Crippen LogP contribution is 2.41. The van der Waals surface area contributed by atoms with Gasteiger partial charge in [-0.1, -0.05) is 97.8 Å². The number of aryl methyl sites for hydroxylation is 1. The molecular weight excluding hydrogens is 769 g/mol. The Labute approximate surface area is 367 Å². The van der Waals surface area contributed by atoms with E-state index in [1.54, 1.807) is 6.20 Å². The van der Waals surface area contributed by atoms with Gasteiger partial charge >= 0.3 is 5.97 Å². The van der Waals surface area contributed by atoms with E-state index in [1.807, 2.05) is 38.1 Å². The average Bonchev–Trinajstić information content (AvgIpc) is 3.26. The fourth-order valence-corrected chi connectivity index (χ4v) is 9.14. The van der Waals surface area contributed by atoms with Crippen LogP contribution in [0.4, 0.5) is 20.4 Å². The van der Waals surface area contributed by atoms with Crippen LogP contribution in [0.25, 0.3) is 11.3 Å². The minimum absolute atomic E-state index is 0.0395. The van der Waals surface area contributed by atoms with Crippen molar-refractivity contribution in [2.75, 3.05) is 31.7 Å². The molecule has 1 aliphatic rings. The topological polar surface area (TPSA) is 97.2 Å². The number of quaternary nitrogens is 1. The summed E-state index contributed by atoms with van der Waals surface area (Å²) in [5, 5.41) is 15.0. The number of unbranched alkanes of at least 4 members (excludes halogenated alkanes) is 15. The number of nitrogens with one attached hydrogen (secondary N) is 1. The average molecular weight is 849 g/mol. The first-order chi connectivity index (χ1) is 29.5. The van der Waals surface area contributed by atoms with Gasteiger partial charge in [0.25, 0.3) is 6.43 Å². The number of rotatable bonds is 30. The van der Waals surface area contributed by atoms with E-state index in [9.17, 15) is 18.7 Å². The van der Waals surface area contributed by atoms with E-state index in [0.29, 0.717) is 36.8 Å². The van der Waals surface area contributed by atoms with Crippen molar-refractivity contribution in [3.05, 3.63) is 65.6 Å². The van der Waals surface area contributed by atoms with Crippen LogP contribution in [0.2, 0.25) is 0 Å². The van der Waals surface area contributed by atoms with Crippen LogP contribution in [-0.4, -0.2) is 56.9 Å². The number of carbonyl (C=O) groups is 1. The summed E-state index contributed by atoms with van der Waals surface area (Å²) in [6, 6.07) is 10.1. The van der Waals surface area contributed by atoms with Gasteiger partial charge in [0.2, 0.25) is 6.73 Å². The number of hydrogen-bond donors (Lipinski definition) is 2. The maximum absolute atomic E-state index is 13.8. The van der Waals surface area contributed by atoms with Crippen LogP contribution in [0.3, 0.4) is 0 Å². The normalized spacial score (nSPS) is 16.7. The Morgan fingerprint density at radius 2 is 1.33 bits per heavy atom. The van der Waals surface area contributed by atoms with Crippen LogP contribution in [0.1, 0.15) is 192 Å². The third kappa shape index (κ3) is 17.0. The van der Waals surface area contributed by atoms with Gasteiger partial charge < -0.3 is 15.2 Å². The van der Waals surface area contributed by atoms with Crippen molar-refractivity contribution in [3.63, 3.8) is 0 Å². The number of aromatic nitrogens is 3. The van der Waals surface area contributed by atoms with Crippen LogP contribution in [0.15, 0.2) is 48.8 Å². The van der Waals surface area contributed by atoms with Gasteiger partial charge in [0.15, 0.2) is 0 Å². The first-order valence-electron chi connectivity index (χ1n) is 24.2. The fourth-order valence-electron chi connectivity index (χ4n) is 9.14. The Kier molecular flexibility index (Phi) is 22.1. The minimum Gasteiger partial charge on any atom is -0.415 e. The monoisotopic (exact) mass is 849 g/mol. The Hall–Kier alpha value is -3.50. The molecule has 0 saturated heterocycles. The summed E-state index contributed by atoms with van der Waals surface area (Å²) in [6.45, 7) is 14.4. The van der Waals surface area contributed by atoms with Crippen LogP contribution in [-0.2, 0) is 15.1 Å². The van der Waals surface area contributed by atoms with Crippen LogP contribution < -0.4 is 5.32 Å². The molecule has 0 radical (unpaired) electrons. The molecule has 4 rings (SSSR count). The zero-order valence-corrected chi connectivity index (χ0v) is 38.5. The predicted octanol–water partition coefficient (Wildman–Crippen LogP) is 13.9. The molecule has 0 aliphatic heterocycles. The van der Waals surface area contributed by atoms with Crippen LogP contribution in [0, 0.1) is 18.8 Å². The maximum Gasteiger partial charge on any atom is 0.313 e. The molecule has 0 amide bonds. The predicted molar refractivity (Wildman–Crippen MR) is 246 cm³/mol. The molecule has 340 valence electrons. The summed E-state index contributed by atoms with van der Waals surface area (Å²) < 4.78 is 33.8. The number of anilines is 2. The lowest BCUT2D eigenvalue weighted by atomic mass is 9.73. The summed E-state index contributed by atoms with van der Waals surface area (Å²) in [5.41, 5.74) is 1.67. The second-order valence-electron chi connectivity index (χ2n) is 18.4. The molecule has 1 saturated carbocycles. The highest BCUT2D eigenvalue weighted by molar-refractivity contribution is 5.72. The van der Waals surface area contributed by atoms with E-state index in [1.165, 1.54) is 134 Å². The Morgan fingerprint density at radius 1 is 0.770 bits per heavy atom. The molecule has 1 fully saturated rings. The quantitative estimate of drug-likeness (QED) is 0.0298. The van der Waals surface area contributed by atoms with E-state index >= 15 is 0 Å². The molecule has 8 nitrogen and oxygen atoms in total. The second kappa shape index (κ2) is 26.9. The summed E-state index contributed by atoms with van der Waals surface area (Å²) in [7, 11) is 0. The van der Waals surface area contributed by atoms with Gasteiger partial charge in [0, 0.05) is 23.5 Å². The van der Waals surface area contributed by atoms with E-state index < -0.39 is 12.0 Å². The number of ether oxygens (including phenoxy) is 1. The fraction of sp³-hybridized carbons (Fsp3) is 0.686. The summed E-state index contributed by atoms with van der Waals surface area (Å²) in [5.74, 6) is 0.524. The van der Waals surface area contributed by atoms with Gasteiger partial charge in [0.05, 0.1) is 36.9 Å². The lowest BCUT2D eigenvalue weighted by molar-refractivity contribution is -0.944. The highest BCUT2D eigenvalue weighted by atomic mass is 19.3. The number of carbonyl (C=O) groups excluding carboxylic acids is 1. The number of aliphatic hydroxyl groups is 1. The number of pyridine rings is 3. The molecule has 0 unspecified atom stereocenters. The molecule has 1 aliphatic carbocycles. The molecule has 0 spiro atoms. The van der Waals surface area contributed by atoms with Gasteiger partial charge in [0.1, 0.15) is 17.2 Å². The van der Waals surface area contributed by atoms with Crippen LogP contribution in [0.5, 0.6) is 0 Å². The Bertz CT molecular complexity index is 1640. The van der Waals surface area contributed by atoms with E-state index in [0.717, 1.165) is 48.1 Å². The smallest absolute Gasteiger partial charge is 0.313 e. The molecule has 0 aromatic carbocycles. The van der Waals surface area contributed by atoms with Crippen molar-refractivity contribution in [1.29, 1.82) is 0 Å². The number of hydrogen-bond acceptors (Lipinski definition) is 7. The standard InChI is InChI=1S/C51H80F2N5O3/c1-6-9-12-15-18-21-32-58(33-22-19-16-13-10-7-2,34-23-20-17-14-11-8-3)39-61-50(59)41-24-27-44(28-25-41)51(5,60)46-29-26-43(38-55-46)45-35-40(4)36-48(56-45)57-47-37-42(49(52)53)30-31-54-47/h26,29-31,35-38,41,44,49,60H,6-25,27-28,32-34,39H2,1-5H3,(H,54,56,57)/q+1/t41?,44?,51-/m1/s1. The van der Waals surface area contributed by atoms with Crippen molar-refractivity contribution in [1.82, 2.24) is 15.0 Å². The van der Waals surface area contributed by atoms with Gasteiger partial charge in [-0.2, -0.15) is 0 Å². The number of esters is 1. The molecular formula is C51H80F2N5O3+. The van der Waals surface area contributed by atoms with Gasteiger partial charge in [-0.25, -0.2) is 18.7 Å². The van der Waals surface area contributed by atoms with Gasteiger partial charge in [-0.3, -0.25) is 14.3 Å². The van der Waals surface area contributed by atoms with E-state index in [-0.39, 0.29) is 29.2 Å². The lowest BCUT2D eigenvalue weighted by Gasteiger charge is -2.39. The largest absolute Gasteiger partial charge is 0.415 e. The van der Waals surface area contributed by atoms with Gasteiger partial charge in [-0.15, -0.1) is 0 Å². The SMILES string of the molecule is CCCCCCCC[N+](CCCCCCCC)(CCCCCCCC)COC(=O)C1CCC([C@@](C)(O)c2ccc(-c3cc(C)cc(Nc4cc(C(F)F)ccn4)n3)cn2)CC1. The molecule has 0 bridgehead atoms. The second-order valence-corrected chi connectivity index (χ2v) is 18.4. The zero-order chi connectivity index (χ0) is 43.9. The maximum atomic E-state index is 13.8. The Balaban J connectivity index is 1.36. The molecule has 3 heterocycles. The third-order valence-electron chi connectivity index (χ3n) is 13.1. The summed E-state index contributed by atoms with van der Waals surface area (Å²) in [6.07, 6.45) is 26.2. The van der Waals surface area contributed by atoms with Crippen molar-refractivity contribution >= 4 is 17.6 Å². The van der Waals surface area contributed by atoms with E-state index in [4.69, 9.17) is 14.7 Å².